The average molecular weight is 353 g/mol. The van der Waals surface area contributed by atoms with Gasteiger partial charge in [0.2, 0.25) is 5.91 Å². The molecule has 0 spiro atoms. The largest absolute Gasteiger partial charge is 0.486 e. The van der Waals surface area contributed by atoms with E-state index in [1.54, 1.807) is 6.92 Å². The Morgan fingerprint density at radius 3 is 2.54 bits per heavy atom. The van der Waals surface area contributed by atoms with Crippen molar-refractivity contribution in [2.75, 3.05) is 33.3 Å². The summed E-state index contributed by atoms with van der Waals surface area (Å²) in [5.41, 5.74) is -0.0289. The summed E-state index contributed by atoms with van der Waals surface area (Å²) in [6, 6.07) is 7.82. The monoisotopic (exact) mass is 352 g/mol. The molecule has 3 rings (SSSR count). The van der Waals surface area contributed by atoms with Gasteiger partial charge in [0.15, 0.2) is 11.5 Å². The number of benzene rings is 1. The van der Waals surface area contributed by atoms with Gasteiger partial charge in [0.1, 0.15) is 12.7 Å². The second-order valence-electron chi connectivity index (χ2n) is 6.87. The van der Waals surface area contributed by atoms with Crippen LogP contribution in [0.15, 0.2) is 24.3 Å². The van der Waals surface area contributed by atoms with Crippen molar-refractivity contribution >= 4 is 19.4 Å². The molecule has 24 heavy (non-hydrogen) atoms. The van der Waals surface area contributed by atoms with E-state index < -0.39 is 0 Å². The maximum absolute atomic E-state index is 11.6. The number of rotatable bonds is 3. The Bertz CT molecular complexity index is 573. The first-order valence-corrected chi connectivity index (χ1v) is 8.33. The lowest BCUT2D eigenvalue weighted by Gasteiger charge is -2.45. The standard InChI is InChI=1S/C18H26N2O3.H2S/c1-14(21)19(3)18(2)8-10-20(11-9-18)12-15-13-22-16-6-4-5-7-17(16)23-15;/h4-7,15H,8-13H2,1-3H3;1H2/t15-;/m0./s1. The van der Waals surface area contributed by atoms with Gasteiger partial charge in [-0.3, -0.25) is 9.69 Å². The van der Waals surface area contributed by atoms with Gasteiger partial charge in [-0.1, -0.05) is 12.1 Å². The normalized spacial score (nSPS) is 22.4. The summed E-state index contributed by atoms with van der Waals surface area (Å²) in [5.74, 6) is 1.81. The number of hydrogen-bond donors (Lipinski definition) is 0. The highest BCUT2D eigenvalue weighted by atomic mass is 32.1. The van der Waals surface area contributed by atoms with E-state index in [1.165, 1.54) is 0 Å². The van der Waals surface area contributed by atoms with E-state index in [4.69, 9.17) is 9.47 Å². The first-order chi connectivity index (χ1) is 11.0. The van der Waals surface area contributed by atoms with E-state index in [1.807, 2.05) is 36.2 Å². The Morgan fingerprint density at radius 2 is 1.92 bits per heavy atom. The van der Waals surface area contributed by atoms with Crippen LogP contribution in [-0.2, 0) is 4.79 Å². The molecule has 134 valence electrons. The molecule has 0 N–H and O–H groups in total. The van der Waals surface area contributed by atoms with Gasteiger partial charge in [-0.25, -0.2) is 0 Å². The van der Waals surface area contributed by atoms with E-state index in [-0.39, 0.29) is 31.0 Å². The number of carbonyl (C=O) groups is 1. The zero-order chi connectivity index (χ0) is 16.4. The van der Waals surface area contributed by atoms with Crippen molar-refractivity contribution in [2.45, 2.75) is 38.3 Å². The molecule has 5 nitrogen and oxygen atoms in total. The molecule has 1 aromatic rings. The van der Waals surface area contributed by atoms with Crippen molar-refractivity contribution < 1.29 is 14.3 Å². The van der Waals surface area contributed by atoms with Gasteiger partial charge in [0.05, 0.1) is 0 Å². The summed E-state index contributed by atoms with van der Waals surface area (Å²) in [4.78, 5) is 15.9. The SMILES string of the molecule is CC(=O)N(C)C1(C)CCN(C[C@H]2COc3ccccc3O2)CC1.S. The predicted molar refractivity (Wildman–Crippen MR) is 99.3 cm³/mol. The minimum Gasteiger partial charge on any atom is -0.486 e. The molecule has 0 unspecified atom stereocenters. The quantitative estimate of drug-likeness (QED) is 0.837. The summed E-state index contributed by atoms with van der Waals surface area (Å²) in [7, 11) is 1.91. The van der Waals surface area contributed by atoms with Gasteiger partial charge in [0.25, 0.3) is 0 Å². The first kappa shape index (κ1) is 18.9. The van der Waals surface area contributed by atoms with E-state index in [9.17, 15) is 4.79 Å². The number of fused-ring (bicyclic) bond motifs is 1. The maximum Gasteiger partial charge on any atom is 0.219 e. The van der Waals surface area contributed by atoms with Gasteiger partial charge in [-0.05, 0) is 31.9 Å². The highest BCUT2D eigenvalue weighted by molar-refractivity contribution is 7.59. The van der Waals surface area contributed by atoms with E-state index in [2.05, 4.69) is 11.8 Å². The second-order valence-corrected chi connectivity index (χ2v) is 6.87. The number of piperidine rings is 1. The lowest BCUT2D eigenvalue weighted by Crippen LogP contribution is -2.55. The molecule has 1 atom stereocenters. The maximum atomic E-state index is 11.6. The third-order valence-electron chi connectivity index (χ3n) is 5.24. The van der Waals surface area contributed by atoms with Crippen LogP contribution < -0.4 is 9.47 Å². The molecule has 0 radical (unpaired) electrons. The van der Waals surface area contributed by atoms with Gasteiger partial charge >= 0.3 is 0 Å². The lowest BCUT2D eigenvalue weighted by atomic mass is 9.88. The molecule has 2 aliphatic heterocycles. The second kappa shape index (κ2) is 7.66. The van der Waals surface area contributed by atoms with Crippen molar-refractivity contribution in [3.05, 3.63) is 24.3 Å². The van der Waals surface area contributed by atoms with E-state index in [0.29, 0.717) is 6.61 Å². The van der Waals surface area contributed by atoms with Gasteiger partial charge in [-0.2, -0.15) is 13.5 Å². The fraction of sp³-hybridized carbons (Fsp3) is 0.611. The molecule has 1 aromatic carbocycles. The van der Waals surface area contributed by atoms with Crippen LogP contribution in [0.3, 0.4) is 0 Å². The van der Waals surface area contributed by atoms with Crippen molar-refractivity contribution in [2.24, 2.45) is 0 Å². The number of para-hydroxylation sites is 2. The van der Waals surface area contributed by atoms with Gasteiger partial charge in [0, 0.05) is 39.1 Å². The van der Waals surface area contributed by atoms with Crippen molar-refractivity contribution in [1.82, 2.24) is 9.80 Å². The summed E-state index contributed by atoms with van der Waals surface area (Å²) in [6.45, 7) is 7.25. The highest BCUT2D eigenvalue weighted by Gasteiger charge is 2.36. The van der Waals surface area contributed by atoms with Gasteiger partial charge in [-0.15, -0.1) is 0 Å². The minimum absolute atomic E-state index is 0. The van der Waals surface area contributed by atoms with Crippen LogP contribution in [0.2, 0.25) is 0 Å². The van der Waals surface area contributed by atoms with Crippen molar-refractivity contribution in [3.8, 4) is 11.5 Å². The summed E-state index contributed by atoms with van der Waals surface area (Å²) >= 11 is 0. The Kier molecular flexibility index (Phi) is 6.04. The minimum atomic E-state index is -0.0289. The smallest absolute Gasteiger partial charge is 0.219 e. The number of hydrogen-bond acceptors (Lipinski definition) is 4. The molecule has 1 amide bonds. The predicted octanol–water partition coefficient (Wildman–Crippen LogP) is 2.27. The number of nitrogens with zero attached hydrogens (tertiary/aromatic N) is 2. The molecular weight excluding hydrogens is 324 g/mol. The third-order valence-corrected chi connectivity index (χ3v) is 5.24. The summed E-state index contributed by atoms with van der Waals surface area (Å²) in [5, 5.41) is 0. The molecule has 1 fully saturated rings. The fourth-order valence-electron chi connectivity index (χ4n) is 3.37. The van der Waals surface area contributed by atoms with Gasteiger partial charge < -0.3 is 14.4 Å². The van der Waals surface area contributed by atoms with Crippen molar-refractivity contribution in [3.63, 3.8) is 0 Å². The number of amides is 1. The van der Waals surface area contributed by atoms with E-state index in [0.717, 1.165) is 44.0 Å². The Hall–Kier alpha value is -1.40. The van der Waals surface area contributed by atoms with Crippen molar-refractivity contribution in [1.29, 1.82) is 0 Å². The third kappa shape index (κ3) is 3.98. The fourth-order valence-corrected chi connectivity index (χ4v) is 3.37. The van der Waals surface area contributed by atoms with Crippen LogP contribution in [0.25, 0.3) is 0 Å². The Labute approximate surface area is 151 Å². The molecule has 2 heterocycles. The molecule has 0 bridgehead atoms. The summed E-state index contributed by atoms with van der Waals surface area (Å²) < 4.78 is 11.8. The topological polar surface area (TPSA) is 42.0 Å². The molecule has 0 aliphatic carbocycles. The van der Waals surface area contributed by atoms with Crippen LogP contribution in [0.4, 0.5) is 0 Å². The molecule has 0 saturated carbocycles. The van der Waals surface area contributed by atoms with Crippen LogP contribution in [0.1, 0.15) is 26.7 Å². The Morgan fingerprint density at radius 1 is 1.29 bits per heavy atom. The molecule has 1 saturated heterocycles. The first-order valence-electron chi connectivity index (χ1n) is 8.33. The zero-order valence-electron chi connectivity index (χ0n) is 14.7. The lowest BCUT2D eigenvalue weighted by molar-refractivity contribution is -0.134. The van der Waals surface area contributed by atoms with Crippen LogP contribution >= 0.6 is 13.5 Å². The summed E-state index contributed by atoms with van der Waals surface area (Å²) in [6.07, 6.45) is 2.06. The molecule has 0 aromatic heterocycles. The zero-order valence-corrected chi connectivity index (χ0v) is 15.7. The molecule has 6 heteroatoms. The number of likely N-dealkylation sites (tertiary alicyclic amines) is 1. The van der Waals surface area contributed by atoms with Crippen LogP contribution in [0, 0.1) is 0 Å². The van der Waals surface area contributed by atoms with E-state index >= 15 is 0 Å². The van der Waals surface area contributed by atoms with Crippen LogP contribution in [-0.4, -0.2) is 60.6 Å². The number of carbonyl (C=O) groups excluding carboxylic acids is 1. The molecule has 2 aliphatic rings. The Balaban J connectivity index is 0.00000208. The average Bonchev–Trinajstić information content (AvgIpc) is 2.56. The molecular formula is C18H28N2O3S. The van der Waals surface area contributed by atoms with Crippen LogP contribution in [0.5, 0.6) is 11.5 Å². The highest BCUT2D eigenvalue weighted by Crippen LogP contribution is 2.32. The number of ether oxygens (including phenoxy) is 2.